The van der Waals surface area contributed by atoms with Gasteiger partial charge in [0, 0.05) is 28.7 Å². The van der Waals surface area contributed by atoms with Gasteiger partial charge >= 0.3 is 0 Å². The third-order valence-electron chi connectivity index (χ3n) is 7.92. The molecule has 0 unspecified atom stereocenters. The first-order chi connectivity index (χ1) is 18.4. The second-order valence-corrected chi connectivity index (χ2v) is 10.1. The number of hydrogen-bond acceptors (Lipinski definition) is 7. The Kier molecular flexibility index (Phi) is 7.30. The van der Waals surface area contributed by atoms with E-state index >= 15 is 0 Å². The molecule has 0 saturated carbocycles. The molecular formula is C31H36O7. The number of phenolic OH excluding ortho intramolecular Hbond substituents is 2. The normalized spacial score (nSPS) is 19.6. The Labute approximate surface area is 223 Å². The van der Waals surface area contributed by atoms with E-state index in [-0.39, 0.29) is 28.9 Å². The van der Waals surface area contributed by atoms with Gasteiger partial charge in [0.15, 0.2) is 17.6 Å². The van der Waals surface area contributed by atoms with Crippen LogP contribution >= 0.6 is 0 Å². The van der Waals surface area contributed by atoms with Gasteiger partial charge < -0.3 is 34.3 Å². The Balaban J connectivity index is 1.68. The number of methoxy groups -OCH3 is 3. The first-order valence-corrected chi connectivity index (χ1v) is 13.3. The smallest absolute Gasteiger partial charge is 0.200 e. The van der Waals surface area contributed by atoms with Crippen molar-refractivity contribution in [1.29, 1.82) is 0 Å². The number of fused-ring (bicyclic) bond motifs is 5. The quantitative estimate of drug-likeness (QED) is 0.311. The van der Waals surface area contributed by atoms with Gasteiger partial charge in [-0.05, 0) is 60.2 Å². The molecule has 2 aliphatic rings. The Morgan fingerprint density at radius 3 is 2.26 bits per heavy atom. The molecule has 0 aromatic heterocycles. The van der Waals surface area contributed by atoms with E-state index in [1.54, 1.807) is 25.3 Å². The van der Waals surface area contributed by atoms with E-state index in [4.69, 9.17) is 18.9 Å². The molecule has 3 aromatic rings. The maximum absolute atomic E-state index is 11.9. The van der Waals surface area contributed by atoms with Crippen molar-refractivity contribution in [3.63, 3.8) is 0 Å². The predicted octanol–water partition coefficient (Wildman–Crippen LogP) is 6.05. The molecule has 38 heavy (non-hydrogen) atoms. The minimum Gasteiger partial charge on any atom is -0.508 e. The highest BCUT2D eigenvalue weighted by Crippen LogP contribution is 2.54. The molecule has 0 spiro atoms. The number of hydrogen-bond donors (Lipinski definition) is 3. The summed E-state index contributed by atoms with van der Waals surface area (Å²) in [5.74, 6) is 1.92. The fourth-order valence-corrected chi connectivity index (χ4v) is 6.07. The summed E-state index contributed by atoms with van der Waals surface area (Å²) in [6, 6.07) is 10.8. The summed E-state index contributed by atoms with van der Waals surface area (Å²) in [6.07, 6.45) is 3.99. The fraction of sp³-hybridized carbons (Fsp3) is 0.419. The highest BCUT2D eigenvalue weighted by Gasteiger charge is 2.42. The van der Waals surface area contributed by atoms with Crippen molar-refractivity contribution < 1.29 is 34.3 Å². The van der Waals surface area contributed by atoms with Crippen LogP contribution in [0.5, 0.6) is 34.5 Å². The number of ether oxygens (including phenoxy) is 4. The minimum atomic E-state index is -0.822. The topological polar surface area (TPSA) is 97.6 Å². The molecular weight excluding hydrogens is 484 g/mol. The molecule has 3 aromatic carbocycles. The van der Waals surface area contributed by atoms with E-state index in [1.165, 1.54) is 14.2 Å². The zero-order chi connectivity index (χ0) is 27.0. The third kappa shape index (κ3) is 4.39. The van der Waals surface area contributed by atoms with Crippen LogP contribution in [0.1, 0.15) is 66.9 Å². The molecule has 7 nitrogen and oxygen atoms in total. The van der Waals surface area contributed by atoms with E-state index in [9.17, 15) is 15.3 Å². The van der Waals surface area contributed by atoms with Crippen LogP contribution in [-0.4, -0.2) is 42.8 Å². The predicted molar refractivity (Wildman–Crippen MR) is 145 cm³/mol. The molecule has 5 rings (SSSR count). The maximum Gasteiger partial charge on any atom is 0.200 e. The number of unbranched alkanes of at least 4 members (excludes halogenated alkanes) is 2. The zero-order valence-corrected chi connectivity index (χ0v) is 22.4. The lowest BCUT2D eigenvalue weighted by atomic mass is 9.74. The van der Waals surface area contributed by atoms with Gasteiger partial charge in [0.1, 0.15) is 23.4 Å². The van der Waals surface area contributed by atoms with E-state index in [2.05, 4.69) is 6.92 Å². The maximum atomic E-state index is 11.9. The van der Waals surface area contributed by atoms with Gasteiger partial charge in [0.25, 0.3) is 0 Å². The van der Waals surface area contributed by atoms with Crippen LogP contribution in [0.4, 0.5) is 0 Å². The van der Waals surface area contributed by atoms with Gasteiger partial charge in [-0.1, -0.05) is 32.3 Å². The molecule has 202 valence electrons. The van der Waals surface area contributed by atoms with Crippen molar-refractivity contribution in [2.75, 3.05) is 21.3 Å². The van der Waals surface area contributed by atoms with Crippen LogP contribution in [0.25, 0.3) is 11.1 Å². The van der Waals surface area contributed by atoms with Gasteiger partial charge in [-0.15, -0.1) is 0 Å². The van der Waals surface area contributed by atoms with Crippen molar-refractivity contribution >= 4 is 0 Å². The molecule has 0 bridgehead atoms. The molecule has 1 aliphatic heterocycles. The van der Waals surface area contributed by atoms with Crippen LogP contribution in [0.3, 0.4) is 0 Å². The average Bonchev–Trinajstić information content (AvgIpc) is 2.93. The largest absolute Gasteiger partial charge is 0.508 e. The van der Waals surface area contributed by atoms with Gasteiger partial charge in [-0.2, -0.15) is 0 Å². The van der Waals surface area contributed by atoms with Gasteiger partial charge in [-0.25, -0.2) is 0 Å². The summed E-state index contributed by atoms with van der Waals surface area (Å²) < 4.78 is 23.2. The summed E-state index contributed by atoms with van der Waals surface area (Å²) in [5, 5.41) is 32.4. The Hall–Kier alpha value is -3.58. The van der Waals surface area contributed by atoms with E-state index in [0.717, 1.165) is 66.3 Å². The van der Waals surface area contributed by atoms with Crippen molar-refractivity contribution in [3.05, 3.63) is 58.7 Å². The van der Waals surface area contributed by atoms with Crippen LogP contribution in [0.2, 0.25) is 0 Å². The van der Waals surface area contributed by atoms with E-state index in [1.807, 2.05) is 18.2 Å². The molecule has 3 N–H and O–H groups in total. The van der Waals surface area contributed by atoms with Crippen molar-refractivity contribution in [3.8, 4) is 45.6 Å². The lowest BCUT2D eigenvalue weighted by Gasteiger charge is -2.40. The molecule has 0 fully saturated rings. The van der Waals surface area contributed by atoms with Crippen molar-refractivity contribution in [1.82, 2.24) is 0 Å². The fourth-order valence-electron chi connectivity index (χ4n) is 6.07. The molecule has 3 atom stereocenters. The standard InChI is InChI=1S/C31H36O7/c1-5-6-7-8-22-28-21-11-9-17-13-19(32)10-12-20(17)27(21)23(35-2)16-24(28)38-31(29(22)33)18-14-25(36-3)30(34)26(15-18)37-4/h10,12-16,22,29,31-34H,5-9,11H2,1-4H3/t22-,29-,31+/m1/s1. The second-order valence-electron chi connectivity index (χ2n) is 10.1. The van der Waals surface area contributed by atoms with Gasteiger partial charge in [0.05, 0.1) is 21.3 Å². The molecule has 7 heteroatoms. The van der Waals surface area contributed by atoms with E-state index in [0.29, 0.717) is 17.1 Å². The summed E-state index contributed by atoms with van der Waals surface area (Å²) >= 11 is 0. The third-order valence-corrected chi connectivity index (χ3v) is 7.92. The van der Waals surface area contributed by atoms with Crippen LogP contribution < -0.4 is 18.9 Å². The lowest BCUT2D eigenvalue weighted by molar-refractivity contribution is -0.00352. The lowest BCUT2D eigenvalue weighted by Crippen LogP contribution is -2.35. The number of aromatic hydroxyl groups is 2. The Morgan fingerprint density at radius 2 is 1.61 bits per heavy atom. The highest BCUT2D eigenvalue weighted by atomic mass is 16.5. The minimum absolute atomic E-state index is 0.0932. The van der Waals surface area contributed by atoms with Crippen LogP contribution in [0, 0.1) is 0 Å². The average molecular weight is 521 g/mol. The molecule has 0 saturated heterocycles. The first-order valence-electron chi connectivity index (χ1n) is 13.3. The number of aliphatic hydroxyl groups excluding tert-OH is 1. The second kappa shape index (κ2) is 10.7. The summed E-state index contributed by atoms with van der Waals surface area (Å²) in [7, 11) is 4.61. The van der Waals surface area contributed by atoms with Crippen LogP contribution in [0.15, 0.2) is 36.4 Å². The summed E-state index contributed by atoms with van der Waals surface area (Å²) in [6.45, 7) is 2.17. The van der Waals surface area contributed by atoms with Gasteiger partial charge in [-0.3, -0.25) is 0 Å². The summed E-state index contributed by atoms with van der Waals surface area (Å²) in [4.78, 5) is 0. The Morgan fingerprint density at radius 1 is 0.895 bits per heavy atom. The molecule has 1 heterocycles. The number of rotatable bonds is 8. The Bertz CT molecular complexity index is 1310. The van der Waals surface area contributed by atoms with E-state index < -0.39 is 12.2 Å². The van der Waals surface area contributed by atoms with Crippen molar-refractivity contribution in [2.24, 2.45) is 0 Å². The first kappa shape index (κ1) is 26.0. The van der Waals surface area contributed by atoms with Gasteiger partial charge in [0.2, 0.25) is 5.75 Å². The number of aliphatic hydroxyl groups is 1. The molecule has 0 amide bonds. The molecule has 1 aliphatic carbocycles. The SMILES string of the molecule is CCCCC[C@@H]1c2c(cc(OC)c3c2CCc2cc(O)ccc2-3)O[C@@H](c2cc(OC)c(O)c(OC)c2)[C@@H]1O. The number of phenols is 2. The summed E-state index contributed by atoms with van der Waals surface area (Å²) in [5.41, 5.74) is 5.97. The number of benzene rings is 3. The monoisotopic (exact) mass is 520 g/mol. The van der Waals surface area contributed by atoms with Crippen molar-refractivity contribution in [2.45, 2.75) is 63.6 Å². The van der Waals surface area contributed by atoms with Crippen LogP contribution in [-0.2, 0) is 12.8 Å². The highest BCUT2D eigenvalue weighted by molar-refractivity contribution is 5.82. The zero-order valence-electron chi connectivity index (χ0n) is 22.4. The molecule has 0 radical (unpaired) electrons. The number of aryl methyl sites for hydroxylation is 1.